The molecule has 3 aromatic rings. The lowest BCUT2D eigenvalue weighted by molar-refractivity contribution is -0.782. The second kappa shape index (κ2) is 9.09. The highest BCUT2D eigenvalue weighted by Gasteiger charge is 2.23. The third-order valence-corrected chi connectivity index (χ3v) is 4.47. The van der Waals surface area contributed by atoms with Crippen molar-refractivity contribution in [3.63, 3.8) is 0 Å². The van der Waals surface area contributed by atoms with Gasteiger partial charge >= 0.3 is 5.88 Å². The molecule has 1 amide bonds. The lowest BCUT2D eigenvalue weighted by Crippen LogP contribution is -2.40. The fourth-order valence-corrected chi connectivity index (χ4v) is 2.97. The van der Waals surface area contributed by atoms with Gasteiger partial charge in [-0.25, -0.2) is 0 Å². The van der Waals surface area contributed by atoms with Crippen LogP contribution in [0.15, 0.2) is 53.2 Å². The van der Waals surface area contributed by atoms with E-state index in [4.69, 9.17) is 18.7 Å². The molecule has 29 heavy (non-hydrogen) atoms. The van der Waals surface area contributed by atoms with Gasteiger partial charge in [-0.1, -0.05) is 30.3 Å². The highest BCUT2D eigenvalue weighted by molar-refractivity contribution is 6.04. The molecule has 1 atom stereocenters. The number of benzene rings is 2. The molecule has 8 heteroatoms. The Kier molecular flexibility index (Phi) is 6.33. The number of aromatic nitrogens is 2. The van der Waals surface area contributed by atoms with Crippen molar-refractivity contribution >= 4 is 11.8 Å². The Morgan fingerprint density at radius 2 is 1.76 bits per heavy atom. The maximum Gasteiger partial charge on any atom is 0.302 e. The largest absolute Gasteiger partial charge is 0.493 e. The van der Waals surface area contributed by atoms with E-state index in [1.54, 1.807) is 23.0 Å². The topological polar surface area (TPSA) is 86.7 Å². The molecule has 0 fully saturated rings. The zero-order valence-electron chi connectivity index (χ0n) is 16.8. The summed E-state index contributed by atoms with van der Waals surface area (Å²) in [7, 11) is 4.49. The van der Waals surface area contributed by atoms with Gasteiger partial charge < -0.3 is 14.2 Å². The summed E-state index contributed by atoms with van der Waals surface area (Å²) >= 11 is 0. The number of ether oxygens (including phenoxy) is 3. The van der Waals surface area contributed by atoms with Crippen LogP contribution >= 0.6 is 0 Å². The summed E-state index contributed by atoms with van der Waals surface area (Å²) in [6.45, 7) is 2.03. The summed E-state index contributed by atoms with van der Waals surface area (Å²) in [6, 6.07) is 13.3. The molecular weight excluding hydrogens is 374 g/mol. The zero-order chi connectivity index (χ0) is 20.8. The first-order valence-corrected chi connectivity index (χ1v) is 9.09. The van der Waals surface area contributed by atoms with Gasteiger partial charge in [0.2, 0.25) is 11.0 Å². The summed E-state index contributed by atoms with van der Waals surface area (Å²) in [6.07, 6.45) is 2.45. The zero-order valence-corrected chi connectivity index (χ0v) is 16.8. The van der Waals surface area contributed by atoms with E-state index in [0.29, 0.717) is 22.8 Å². The van der Waals surface area contributed by atoms with Gasteiger partial charge in [-0.3, -0.25) is 14.6 Å². The molecular formula is C21H24N3O5+. The minimum atomic E-state index is -0.386. The molecule has 1 N–H and O–H groups in total. The summed E-state index contributed by atoms with van der Waals surface area (Å²) < 4.78 is 22.8. The van der Waals surface area contributed by atoms with E-state index < -0.39 is 0 Å². The van der Waals surface area contributed by atoms with Gasteiger partial charge in [0.15, 0.2) is 17.5 Å². The summed E-state index contributed by atoms with van der Waals surface area (Å²) in [5.74, 6) is 1.05. The second-order valence-corrected chi connectivity index (χ2v) is 6.45. The Morgan fingerprint density at radius 1 is 1.10 bits per heavy atom. The van der Waals surface area contributed by atoms with Crippen LogP contribution in [0, 0.1) is 0 Å². The molecule has 0 aliphatic heterocycles. The number of hydrogen-bond donors (Lipinski definition) is 1. The maximum absolute atomic E-state index is 12.7. The Morgan fingerprint density at radius 3 is 2.34 bits per heavy atom. The van der Waals surface area contributed by atoms with Crippen LogP contribution in [0.4, 0.5) is 5.88 Å². The average molecular weight is 398 g/mol. The quantitative estimate of drug-likeness (QED) is 0.587. The van der Waals surface area contributed by atoms with E-state index in [9.17, 15) is 4.79 Å². The van der Waals surface area contributed by atoms with E-state index >= 15 is 0 Å². The second-order valence-electron chi connectivity index (χ2n) is 6.45. The van der Waals surface area contributed by atoms with Crippen molar-refractivity contribution in [2.45, 2.75) is 19.4 Å². The summed E-state index contributed by atoms with van der Waals surface area (Å²) in [5, 5.41) is 6.71. The number of rotatable bonds is 8. The van der Waals surface area contributed by atoms with Crippen molar-refractivity contribution in [2.75, 3.05) is 26.6 Å². The van der Waals surface area contributed by atoms with Crippen LogP contribution < -0.4 is 24.2 Å². The molecule has 3 rings (SSSR count). The molecule has 8 nitrogen and oxygen atoms in total. The maximum atomic E-state index is 12.7. The predicted molar refractivity (Wildman–Crippen MR) is 106 cm³/mol. The Hall–Kier alpha value is -3.55. The standard InChI is InChI=1S/C21H23N3O5/c1-14(10-15-8-6-5-7-9-15)24-13-19(29-23-24)22-21(25)16-11-17(26-2)20(28-4)18(12-16)27-3/h5-9,11-14H,10H2,1-4H3/p+1/t14-/m0/s1. The molecule has 152 valence electrons. The van der Waals surface area contributed by atoms with Crippen molar-refractivity contribution in [1.82, 2.24) is 5.27 Å². The van der Waals surface area contributed by atoms with Gasteiger partial charge in [0.05, 0.1) is 21.3 Å². The average Bonchev–Trinajstić information content (AvgIpc) is 3.21. The predicted octanol–water partition coefficient (Wildman–Crippen LogP) is 3.04. The Balaban J connectivity index is 1.73. The lowest BCUT2D eigenvalue weighted by atomic mass is 10.1. The molecule has 1 aromatic heterocycles. The number of nitrogens with zero attached hydrogens (tertiary/aromatic N) is 2. The molecule has 1 heterocycles. The molecule has 0 saturated heterocycles. The summed E-state index contributed by atoms with van der Waals surface area (Å²) in [5.41, 5.74) is 1.53. The minimum absolute atomic E-state index is 0.0629. The van der Waals surface area contributed by atoms with Gasteiger partial charge in [-0.05, 0) is 22.4 Å². The molecule has 0 spiro atoms. The van der Waals surface area contributed by atoms with Crippen molar-refractivity contribution in [2.24, 2.45) is 0 Å². The number of carbonyl (C=O) groups is 1. The van der Waals surface area contributed by atoms with Crippen LogP contribution in [0.1, 0.15) is 28.9 Å². The third kappa shape index (κ3) is 4.66. The number of nitrogens with one attached hydrogen (secondary N) is 1. The van der Waals surface area contributed by atoms with Crippen LogP contribution in [0.2, 0.25) is 0 Å². The van der Waals surface area contributed by atoms with Crippen molar-refractivity contribution in [3.05, 3.63) is 59.8 Å². The van der Waals surface area contributed by atoms with E-state index in [2.05, 4.69) is 22.7 Å². The molecule has 0 unspecified atom stereocenters. The van der Waals surface area contributed by atoms with Crippen LogP contribution in [0.3, 0.4) is 0 Å². The number of hydrogen-bond acceptors (Lipinski definition) is 6. The SMILES string of the molecule is COc1cc(C(=O)Nc2c[n+]([C@@H](C)Cc3ccccc3)no2)cc(OC)c1OC. The highest BCUT2D eigenvalue weighted by atomic mass is 16.5. The van der Waals surface area contributed by atoms with Gasteiger partial charge in [-0.15, -0.1) is 0 Å². The van der Waals surface area contributed by atoms with Crippen LogP contribution in [0.25, 0.3) is 0 Å². The minimum Gasteiger partial charge on any atom is -0.493 e. The third-order valence-electron chi connectivity index (χ3n) is 4.47. The first-order chi connectivity index (χ1) is 14.0. The van der Waals surface area contributed by atoms with E-state index in [0.717, 1.165) is 6.42 Å². The lowest BCUT2D eigenvalue weighted by Gasteiger charge is -2.13. The van der Waals surface area contributed by atoms with Gasteiger partial charge in [0.1, 0.15) is 0 Å². The Labute approximate surface area is 169 Å². The molecule has 0 bridgehead atoms. The highest BCUT2D eigenvalue weighted by Crippen LogP contribution is 2.38. The molecule has 0 radical (unpaired) electrons. The molecule has 0 saturated carbocycles. The van der Waals surface area contributed by atoms with Crippen molar-refractivity contribution in [3.8, 4) is 17.2 Å². The van der Waals surface area contributed by atoms with E-state index in [-0.39, 0.29) is 17.8 Å². The molecule has 0 aliphatic rings. The van der Waals surface area contributed by atoms with Crippen LogP contribution in [-0.4, -0.2) is 32.5 Å². The van der Waals surface area contributed by atoms with Crippen molar-refractivity contribution < 1.29 is 28.2 Å². The van der Waals surface area contributed by atoms with Crippen molar-refractivity contribution in [1.29, 1.82) is 0 Å². The number of methoxy groups -OCH3 is 3. The number of anilines is 1. The first kappa shape index (κ1) is 20.2. The van der Waals surface area contributed by atoms with E-state index in [1.807, 2.05) is 25.1 Å². The van der Waals surface area contributed by atoms with Gasteiger partial charge in [-0.2, -0.15) is 0 Å². The van der Waals surface area contributed by atoms with E-state index in [1.165, 1.54) is 26.9 Å². The molecule has 2 aromatic carbocycles. The monoisotopic (exact) mass is 398 g/mol. The molecule has 0 aliphatic carbocycles. The first-order valence-electron chi connectivity index (χ1n) is 9.09. The van der Waals surface area contributed by atoms with Crippen LogP contribution in [0.5, 0.6) is 17.2 Å². The normalized spacial score (nSPS) is 11.6. The number of carbonyl (C=O) groups excluding carboxylic acids is 1. The Bertz CT molecular complexity index is 946. The van der Waals surface area contributed by atoms with Gasteiger partial charge in [0.25, 0.3) is 12.1 Å². The fourth-order valence-electron chi connectivity index (χ4n) is 2.97. The fraction of sp³-hybridized carbons (Fsp3) is 0.286. The van der Waals surface area contributed by atoms with Gasteiger partial charge in [0, 0.05) is 18.9 Å². The number of amides is 1. The smallest absolute Gasteiger partial charge is 0.302 e. The summed E-state index contributed by atoms with van der Waals surface area (Å²) in [4.78, 5) is 12.7. The van der Waals surface area contributed by atoms with Crippen LogP contribution in [-0.2, 0) is 6.42 Å².